The minimum Gasteiger partial charge on any atom is -0.496 e. The zero-order valence-electron chi connectivity index (χ0n) is 8.49. The lowest BCUT2D eigenvalue weighted by Crippen LogP contribution is -1.92. The monoisotopic (exact) mass is 204 g/mol. The lowest BCUT2D eigenvalue weighted by atomic mass is 10.1. The van der Waals surface area contributed by atoms with E-state index in [4.69, 9.17) is 9.84 Å². The zero-order chi connectivity index (χ0) is 11.1. The topological polar surface area (TPSA) is 46.5 Å². The van der Waals surface area contributed by atoms with Crippen LogP contribution in [0.3, 0.4) is 0 Å². The quantitative estimate of drug-likeness (QED) is 0.762. The van der Waals surface area contributed by atoms with E-state index < -0.39 is 5.97 Å². The summed E-state index contributed by atoms with van der Waals surface area (Å²) in [7, 11) is 1.60. The minimum absolute atomic E-state index is 0.116. The molecular weight excluding hydrogens is 192 g/mol. The Kier molecular flexibility index (Phi) is 4.24. The molecule has 0 aromatic heterocycles. The van der Waals surface area contributed by atoms with Crippen LogP contribution in [0.4, 0.5) is 0 Å². The number of ether oxygens (including phenoxy) is 1. The van der Waals surface area contributed by atoms with Crippen molar-refractivity contribution >= 4 is 5.97 Å². The molecule has 0 spiro atoms. The zero-order valence-corrected chi connectivity index (χ0v) is 8.49. The molecule has 78 valence electrons. The van der Waals surface area contributed by atoms with E-state index in [0.717, 1.165) is 11.3 Å². The van der Waals surface area contributed by atoms with Crippen LogP contribution in [0, 0.1) is 11.8 Å². The Morgan fingerprint density at radius 3 is 2.80 bits per heavy atom. The molecule has 1 rings (SSSR count). The van der Waals surface area contributed by atoms with Crippen LogP contribution in [0.1, 0.15) is 12.0 Å². The summed E-state index contributed by atoms with van der Waals surface area (Å²) in [6, 6.07) is 7.55. The molecule has 0 saturated carbocycles. The van der Waals surface area contributed by atoms with Crippen LogP contribution >= 0.6 is 0 Å². The van der Waals surface area contributed by atoms with Gasteiger partial charge in [0.05, 0.1) is 7.11 Å². The number of hydrogen-bond donors (Lipinski definition) is 1. The first-order valence-corrected chi connectivity index (χ1v) is 4.53. The van der Waals surface area contributed by atoms with Crippen molar-refractivity contribution in [3.8, 4) is 17.6 Å². The number of aliphatic carboxylic acids is 1. The van der Waals surface area contributed by atoms with Crippen LogP contribution in [0.15, 0.2) is 24.3 Å². The van der Waals surface area contributed by atoms with E-state index in [0.29, 0.717) is 6.42 Å². The van der Waals surface area contributed by atoms with Crippen molar-refractivity contribution < 1.29 is 14.6 Å². The molecule has 15 heavy (non-hydrogen) atoms. The number of methoxy groups -OCH3 is 1. The Morgan fingerprint density at radius 1 is 1.40 bits per heavy atom. The van der Waals surface area contributed by atoms with Crippen molar-refractivity contribution in [2.75, 3.05) is 7.11 Å². The van der Waals surface area contributed by atoms with E-state index >= 15 is 0 Å². The van der Waals surface area contributed by atoms with E-state index in [1.165, 1.54) is 0 Å². The predicted octanol–water partition coefficient (Wildman–Crippen LogP) is 1.72. The summed E-state index contributed by atoms with van der Waals surface area (Å²) in [5.74, 6) is 5.26. The molecule has 0 heterocycles. The first-order chi connectivity index (χ1) is 7.24. The fourth-order valence-corrected chi connectivity index (χ4v) is 1.14. The van der Waals surface area contributed by atoms with Crippen LogP contribution in [-0.2, 0) is 11.2 Å². The Labute approximate surface area is 88.7 Å². The van der Waals surface area contributed by atoms with Gasteiger partial charge in [-0.15, -0.1) is 0 Å². The smallest absolute Gasteiger partial charge is 0.315 e. The largest absolute Gasteiger partial charge is 0.496 e. The normalized spacial score (nSPS) is 8.87. The van der Waals surface area contributed by atoms with Crippen LogP contribution in [0.25, 0.3) is 0 Å². The molecule has 3 nitrogen and oxygen atoms in total. The number of carboxylic acid groups (broad SMARTS) is 1. The molecule has 1 aromatic carbocycles. The average Bonchev–Trinajstić information content (AvgIpc) is 2.24. The van der Waals surface area contributed by atoms with Gasteiger partial charge >= 0.3 is 5.97 Å². The van der Waals surface area contributed by atoms with Gasteiger partial charge in [0.25, 0.3) is 0 Å². The third-order valence-corrected chi connectivity index (χ3v) is 1.84. The highest BCUT2D eigenvalue weighted by Crippen LogP contribution is 2.16. The first-order valence-electron chi connectivity index (χ1n) is 4.53. The van der Waals surface area contributed by atoms with E-state index in [-0.39, 0.29) is 6.42 Å². The van der Waals surface area contributed by atoms with E-state index in [9.17, 15) is 4.79 Å². The Morgan fingerprint density at radius 2 is 2.13 bits per heavy atom. The van der Waals surface area contributed by atoms with Crippen molar-refractivity contribution in [1.82, 2.24) is 0 Å². The second kappa shape index (κ2) is 5.71. The molecule has 0 amide bonds. The molecule has 0 fully saturated rings. The molecule has 1 aromatic rings. The number of benzene rings is 1. The lowest BCUT2D eigenvalue weighted by molar-refractivity contribution is -0.135. The molecular formula is C12H12O3. The highest BCUT2D eigenvalue weighted by Gasteiger charge is 1.98. The SMILES string of the molecule is COc1ccccc1CC#CCC(=O)O. The molecule has 0 bridgehead atoms. The number of hydrogen-bond acceptors (Lipinski definition) is 2. The third-order valence-electron chi connectivity index (χ3n) is 1.84. The van der Waals surface area contributed by atoms with Crippen LogP contribution in [0.5, 0.6) is 5.75 Å². The highest BCUT2D eigenvalue weighted by molar-refractivity contribution is 5.69. The number of carbonyl (C=O) groups is 1. The molecule has 0 saturated heterocycles. The Balaban J connectivity index is 2.63. The third kappa shape index (κ3) is 3.74. The van der Waals surface area contributed by atoms with Crippen molar-refractivity contribution in [1.29, 1.82) is 0 Å². The number of para-hydroxylation sites is 1. The molecule has 0 aliphatic carbocycles. The number of carboxylic acids is 1. The van der Waals surface area contributed by atoms with Gasteiger partial charge in [-0.2, -0.15) is 0 Å². The molecule has 1 N–H and O–H groups in total. The maximum absolute atomic E-state index is 10.2. The van der Waals surface area contributed by atoms with Gasteiger partial charge in [0, 0.05) is 12.0 Å². The van der Waals surface area contributed by atoms with Crippen molar-refractivity contribution in [2.24, 2.45) is 0 Å². The van der Waals surface area contributed by atoms with E-state index in [2.05, 4.69) is 11.8 Å². The van der Waals surface area contributed by atoms with Crippen molar-refractivity contribution in [3.05, 3.63) is 29.8 Å². The summed E-state index contributed by atoms with van der Waals surface area (Å²) in [4.78, 5) is 10.2. The molecule has 0 aliphatic rings. The summed E-state index contributed by atoms with van der Waals surface area (Å²) in [5, 5.41) is 8.38. The van der Waals surface area contributed by atoms with Gasteiger partial charge < -0.3 is 9.84 Å². The average molecular weight is 204 g/mol. The summed E-state index contributed by atoms with van der Waals surface area (Å²) in [6.07, 6.45) is 0.395. The first kappa shape index (κ1) is 11.1. The standard InChI is InChI=1S/C12H12O3/c1-15-11-8-4-2-6-10(11)7-3-5-9-12(13)14/h2,4,6,8H,7,9H2,1H3,(H,13,14). The highest BCUT2D eigenvalue weighted by atomic mass is 16.5. The second-order valence-electron chi connectivity index (χ2n) is 2.91. The maximum atomic E-state index is 10.2. The molecule has 0 atom stereocenters. The second-order valence-corrected chi connectivity index (χ2v) is 2.91. The van der Waals surface area contributed by atoms with Gasteiger partial charge in [-0.1, -0.05) is 30.0 Å². The Bertz CT molecular complexity index is 399. The fourth-order valence-electron chi connectivity index (χ4n) is 1.14. The molecule has 0 unspecified atom stereocenters. The summed E-state index contributed by atoms with van der Waals surface area (Å²) in [6.45, 7) is 0. The molecule has 0 aliphatic heterocycles. The van der Waals surface area contributed by atoms with Gasteiger partial charge in [-0.3, -0.25) is 4.79 Å². The maximum Gasteiger partial charge on any atom is 0.315 e. The minimum atomic E-state index is -0.900. The summed E-state index contributed by atoms with van der Waals surface area (Å²) < 4.78 is 5.14. The van der Waals surface area contributed by atoms with Gasteiger partial charge in [-0.05, 0) is 6.07 Å². The van der Waals surface area contributed by atoms with Gasteiger partial charge in [0.1, 0.15) is 12.2 Å². The van der Waals surface area contributed by atoms with Crippen molar-refractivity contribution in [2.45, 2.75) is 12.8 Å². The van der Waals surface area contributed by atoms with Gasteiger partial charge in [-0.25, -0.2) is 0 Å². The van der Waals surface area contributed by atoms with Crippen LogP contribution in [-0.4, -0.2) is 18.2 Å². The Hall–Kier alpha value is -1.95. The van der Waals surface area contributed by atoms with Crippen LogP contribution < -0.4 is 4.74 Å². The summed E-state index contributed by atoms with van der Waals surface area (Å²) >= 11 is 0. The van der Waals surface area contributed by atoms with Crippen LogP contribution in [0.2, 0.25) is 0 Å². The van der Waals surface area contributed by atoms with E-state index in [1.807, 2.05) is 24.3 Å². The lowest BCUT2D eigenvalue weighted by Gasteiger charge is -2.03. The fraction of sp³-hybridized carbons (Fsp3) is 0.250. The van der Waals surface area contributed by atoms with Gasteiger partial charge in [0.2, 0.25) is 0 Å². The molecule has 3 heteroatoms. The van der Waals surface area contributed by atoms with E-state index in [1.54, 1.807) is 7.11 Å². The van der Waals surface area contributed by atoms with Crippen molar-refractivity contribution in [3.63, 3.8) is 0 Å². The predicted molar refractivity (Wildman–Crippen MR) is 56.7 cm³/mol. The molecule has 0 radical (unpaired) electrons. The van der Waals surface area contributed by atoms with Gasteiger partial charge in [0.15, 0.2) is 0 Å². The number of rotatable bonds is 3. The summed E-state index contributed by atoms with van der Waals surface area (Å²) in [5.41, 5.74) is 0.970.